The fourth-order valence-electron chi connectivity index (χ4n) is 2.75. The Hall–Kier alpha value is -1.13. The minimum atomic E-state index is -0.398. The zero-order chi connectivity index (χ0) is 13.3. The molecule has 1 heterocycles. The number of nitrogens with zero attached hydrogens (tertiary/aromatic N) is 1. The fourth-order valence-corrected chi connectivity index (χ4v) is 2.75. The summed E-state index contributed by atoms with van der Waals surface area (Å²) in [5.74, 6) is -0.355. The quantitative estimate of drug-likeness (QED) is 0.847. The number of aromatic hydroxyl groups is 1. The lowest BCUT2D eigenvalue weighted by Crippen LogP contribution is -2.54. The first-order valence-electron chi connectivity index (χ1n) is 6.46. The van der Waals surface area contributed by atoms with Crippen molar-refractivity contribution in [1.29, 1.82) is 0 Å². The van der Waals surface area contributed by atoms with Crippen LogP contribution in [-0.4, -0.2) is 35.2 Å². The van der Waals surface area contributed by atoms with Crippen molar-refractivity contribution < 1.29 is 9.50 Å². The van der Waals surface area contributed by atoms with Gasteiger partial charge in [0, 0.05) is 42.8 Å². The molecule has 1 aromatic carbocycles. The Labute approximate surface area is 108 Å². The summed E-state index contributed by atoms with van der Waals surface area (Å²) in [4.78, 5) is 2.32. The third kappa shape index (κ3) is 2.82. The van der Waals surface area contributed by atoms with Gasteiger partial charge in [0.05, 0.1) is 0 Å². The topological polar surface area (TPSA) is 35.5 Å². The number of rotatable bonds is 2. The van der Waals surface area contributed by atoms with Gasteiger partial charge in [-0.05, 0) is 26.8 Å². The molecule has 0 aliphatic carbocycles. The molecule has 1 saturated heterocycles. The molecule has 18 heavy (non-hydrogen) atoms. The summed E-state index contributed by atoms with van der Waals surface area (Å²) in [6, 6.07) is 5.21. The third-order valence-electron chi connectivity index (χ3n) is 3.58. The minimum absolute atomic E-state index is 0.0429. The first-order valence-corrected chi connectivity index (χ1v) is 6.46. The molecule has 4 heteroatoms. The van der Waals surface area contributed by atoms with Crippen LogP contribution < -0.4 is 5.32 Å². The lowest BCUT2D eigenvalue weighted by atomic mass is 10.0. The largest absolute Gasteiger partial charge is 0.508 e. The van der Waals surface area contributed by atoms with Crippen LogP contribution in [0.15, 0.2) is 18.2 Å². The molecule has 1 aliphatic heterocycles. The minimum Gasteiger partial charge on any atom is -0.508 e. The van der Waals surface area contributed by atoms with E-state index < -0.39 is 5.82 Å². The van der Waals surface area contributed by atoms with Crippen LogP contribution in [0.2, 0.25) is 0 Å². The van der Waals surface area contributed by atoms with Gasteiger partial charge in [-0.1, -0.05) is 6.07 Å². The number of phenolic OH excluding ortho intramolecular Hbond substituents is 1. The van der Waals surface area contributed by atoms with E-state index in [1.165, 1.54) is 12.1 Å². The molecule has 3 unspecified atom stereocenters. The molecular weight excluding hydrogens is 231 g/mol. The summed E-state index contributed by atoms with van der Waals surface area (Å²) in [6.45, 7) is 8.22. The van der Waals surface area contributed by atoms with Crippen LogP contribution in [0.5, 0.6) is 5.75 Å². The molecule has 2 rings (SSSR count). The maximum atomic E-state index is 13.0. The third-order valence-corrected chi connectivity index (χ3v) is 3.58. The first kappa shape index (κ1) is 13.3. The lowest BCUT2D eigenvalue weighted by molar-refractivity contribution is 0.130. The molecule has 0 spiro atoms. The smallest absolute Gasteiger partial charge is 0.126 e. The number of nitrogens with one attached hydrogen (secondary N) is 1. The maximum Gasteiger partial charge on any atom is 0.126 e. The first-order chi connectivity index (χ1) is 8.47. The van der Waals surface area contributed by atoms with Crippen molar-refractivity contribution >= 4 is 0 Å². The van der Waals surface area contributed by atoms with Crippen molar-refractivity contribution in [3.63, 3.8) is 0 Å². The van der Waals surface area contributed by atoms with Gasteiger partial charge in [0.1, 0.15) is 11.6 Å². The van der Waals surface area contributed by atoms with Crippen molar-refractivity contribution in [2.75, 3.05) is 13.1 Å². The van der Waals surface area contributed by atoms with Crippen LogP contribution in [0.1, 0.15) is 32.4 Å². The van der Waals surface area contributed by atoms with Gasteiger partial charge in [0.25, 0.3) is 0 Å². The second-order valence-corrected chi connectivity index (χ2v) is 5.30. The summed E-state index contributed by atoms with van der Waals surface area (Å²) >= 11 is 0. The number of benzene rings is 1. The van der Waals surface area contributed by atoms with Crippen LogP contribution >= 0.6 is 0 Å². The van der Waals surface area contributed by atoms with Gasteiger partial charge in [0.2, 0.25) is 0 Å². The molecule has 0 amide bonds. The normalized spacial score (nSPS) is 27.1. The summed E-state index contributed by atoms with van der Waals surface area (Å²) in [5, 5.41) is 13.3. The van der Waals surface area contributed by atoms with Crippen molar-refractivity contribution in [2.24, 2.45) is 0 Å². The van der Waals surface area contributed by atoms with Crippen LogP contribution in [0.3, 0.4) is 0 Å². The SMILES string of the molecule is CC1CN(C(C)c2ccc(F)cc2O)CC(C)N1. The number of hydrogen-bond acceptors (Lipinski definition) is 3. The Kier molecular flexibility index (Phi) is 3.88. The van der Waals surface area contributed by atoms with E-state index >= 15 is 0 Å². The summed E-state index contributed by atoms with van der Waals surface area (Å²) in [5.41, 5.74) is 0.790. The summed E-state index contributed by atoms with van der Waals surface area (Å²) < 4.78 is 13.0. The van der Waals surface area contributed by atoms with E-state index in [9.17, 15) is 9.50 Å². The van der Waals surface area contributed by atoms with Gasteiger partial charge in [-0.2, -0.15) is 0 Å². The van der Waals surface area contributed by atoms with E-state index in [2.05, 4.69) is 31.0 Å². The van der Waals surface area contributed by atoms with Crippen molar-refractivity contribution in [3.05, 3.63) is 29.6 Å². The Morgan fingerprint density at radius 1 is 1.33 bits per heavy atom. The van der Waals surface area contributed by atoms with Crippen LogP contribution in [-0.2, 0) is 0 Å². The van der Waals surface area contributed by atoms with Gasteiger partial charge in [0.15, 0.2) is 0 Å². The zero-order valence-electron chi connectivity index (χ0n) is 11.2. The van der Waals surface area contributed by atoms with Gasteiger partial charge in [-0.3, -0.25) is 4.90 Å². The Balaban J connectivity index is 2.17. The second-order valence-electron chi connectivity index (χ2n) is 5.30. The standard InChI is InChI=1S/C14H21FN2O/c1-9-7-17(8-10(2)16-9)11(3)13-5-4-12(15)6-14(13)18/h4-6,9-11,16,18H,7-8H2,1-3H3. The molecule has 3 atom stereocenters. The highest BCUT2D eigenvalue weighted by Gasteiger charge is 2.26. The molecule has 1 aliphatic rings. The Morgan fingerprint density at radius 3 is 2.50 bits per heavy atom. The zero-order valence-corrected chi connectivity index (χ0v) is 11.2. The Morgan fingerprint density at radius 2 is 1.94 bits per heavy atom. The molecule has 0 bridgehead atoms. The average Bonchev–Trinajstić information content (AvgIpc) is 2.26. The summed E-state index contributed by atoms with van der Waals surface area (Å²) in [7, 11) is 0. The average molecular weight is 252 g/mol. The van der Waals surface area contributed by atoms with Crippen molar-refractivity contribution in [2.45, 2.75) is 38.9 Å². The molecule has 0 aromatic heterocycles. The highest BCUT2D eigenvalue weighted by atomic mass is 19.1. The van der Waals surface area contributed by atoms with Gasteiger partial charge >= 0.3 is 0 Å². The van der Waals surface area contributed by atoms with E-state index in [0.29, 0.717) is 12.1 Å². The maximum absolute atomic E-state index is 13.0. The van der Waals surface area contributed by atoms with E-state index in [0.717, 1.165) is 18.7 Å². The van der Waals surface area contributed by atoms with Crippen LogP contribution in [0.4, 0.5) is 4.39 Å². The van der Waals surface area contributed by atoms with Crippen LogP contribution in [0.25, 0.3) is 0 Å². The molecule has 0 radical (unpaired) electrons. The molecule has 0 saturated carbocycles. The predicted molar refractivity (Wildman–Crippen MR) is 70.1 cm³/mol. The van der Waals surface area contributed by atoms with E-state index in [-0.39, 0.29) is 11.8 Å². The highest BCUT2D eigenvalue weighted by molar-refractivity contribution is 5.35. The molecule has 1 fully saturated rings. The molecule has 100 valence electrons. The second kappa shape index (κ2) is 5.24. The number of hydrogen-bond donors (Lipinski definition) is 2. The summed E-state index contributed by atoms with van der Waals surface area (Å²) in [6.07, 6.45) is 0. The molecule has 1 aromatic rings. The van der Waals surface area contributed by atoms with E-state index in [4.69, 9.17) is 0 Å². The van der Waals surface area contributed by atoms with E-state index in [1.807, 2.05) is 0 Å². The highest BCUT2D eigenvalue weighted by Crippen LogP contribution is 2.30. The fraction of sp³-hybridized carbons (Fsp3) is 0.571. The van der Waals surface area contributed by atoms with E-state index in [1.54, 1.807) is 6.07 Å². The van der Waals surface area contributed by atoms with Crippen LogP contribution in [0, 0.1) is 5.82 Å². The predicted octanol–water partition coefficient (Wildman–Crippen LogP) is 2.27. The molecule has 3 nitrogen and oxygen atoms in total. The van der Waals surface area contributed by atoms with Crippen molar-refractivity contribution in [1.82, 2.24) is 10.2 Å². The number of halogens is 1. The van der Waals surface area contributed by atoms with Gasteiger partial charge < -0.3 is 10.4 Å². The Bertz CT molecular complexity index is 414. The molecular formula is C14H21FN2O. The molecule has 2 N–H and O–H groups in total. The number of phenols is 1. The monoisotopic (exact) mass is 252 g/mol. The number of piperazine rings is 1. The lowest BCUT2D eigenvalue weighted by Gasteiger charge is -2.40. The van der Waals surface area contributed by atoms with Gasteiger partial charge in [-0.25, -0.2) is 4.39 Å². The van der Waals surface area contributed by atoms with Crippen molar-refractivity contribution in [3.8, 4) is 5.75 Å². The van der Waals surface area contributed by atoms with Gasteiger partial charge in [-0.15, -0.1) is 0 Å².